The highest BCUT2D eigenvalue weighted by Gasteiger charge is 2.11. The minimum atomic E-state index is 0. The van der Waals surface area contributed by atoms with Crippen molar-refractivity contribution >= 4 is 58.2 Å². The van der Waals surface area contributed by atoms with Crippen LogP contribution in [0.1, 0.15) is 22.6 Å². The standard InChI is InChI=1S/C26H22N4O2.ClH/c1(3-21-15-19-13-17(5-7-23(19)31-21)25-27-9-10-28-25)2-4-22-16-20-14-18(6-8-24(20)32-22)26-29-11-12-30-26;/h1-8,13-16H,9-12H2,(H,27,28)(H,29,30);1H/b3-1-,4-2+;. The van der Waals surface area contributed by atoms with Crippen molar-refractivity contribution in [1.29, 1.82) is 0 Å². The van der Waals surface area contributed by atoms with Gasteiger partial charge in [-0.3, -0.25) is 9.98 Å². The summed E-state index contributed by atoms with van der Waals surface area (Å²) < 4.78 is 11.9. The van der Waals surface area contributed by atoms with E-state index in [1.54, 1.807) is 0 Å². The summed E-state index contributed by atoms with van der Waals surface area (Å²) in [5, 5.41) is 8.75. The van der Waals surface area contributed by atoms with Gasteiger partial charge in [0.25, 0.3) is 0 Å². The molecule has 2 aromatic heterocycles. The van der Waals surface area contributed by atoms with E-state index in [1.165, 1.54) is 0 Å². The molecule has 166 valence electrons. The summed E-state index contributed by atoms with van der Waals surface area (Å²) >= 11 is 0. The second-order valence-electron chi connectivity index (χ2n) is 7.84. The smallest absolute Gasteiger partial charge is 0.134 e. The van der Waals surface area contributed by atoms with Crippen LogP contribution in [-0.2, 0) is 0 Å². The van der Waals surface area contributed by atoms with Gasteiger partial charge in [-0.15, -0.1) is 12.4 Å². The van der Waals surface area contributed by atoms with Gasteiger partial charge in [0, 0.05) is 35.0 Å². The Kier molecular flexibility index (Phi) is 5.75. The van der Waals surface area contributed by atoms with Gasteiger partial charge in [0.2, 0.25) is 0 Å². The molecule has 0 aliphatic carbocycles. The predicted molar refractivity (Wildman–Crippen MR) is 137 cm³/mol. The summed E-state index contributed by atoms with van der Waals surface area (Å²) in [4.78, 5) is 8.97. The zero-order valence-electron chi connectivity index (χ0n) is 17.9. The van der Waals surface area contributed by atoms with Gasteiger partial charge in [0.05, 0.1) is 13.1 Å². The molecule has 6 nitrogen and oxygen atoms in total. The van der Waals surface area contributed by atoms with Gasteiger partial charge >= 0.3 is 0 Å². The van der Waals surface area contributed by atoms with Gasteiger partial charge in [-0.05, 0) is 60.7 Å². The van der Waals surface area contributed by atoms with E-state index in [4.69, 9.17) is 8.83 Å². The molecule has 0 spiro atoms. The molecule has 6 rings (SSSR count). The average molecular weight is 459 g/mol. The van der Waals surface area contributed by atoms with Gasteiger partial charge in [0.15, 0.2) is 0 Å². The monoisotopic (exact) mass is 458 g/mol. The highest BCUT2D eigenvalue weighted by molar-refractivity contribution is 6.03. The number of fused-ring (bicyclic) bond motifs is 2. The maximum absolute atomic E-state index is 5.93. The first-order valence-electron chi connectivity index (χ1n) is 10.8. The summed E-state index contributed by atoms with van der Waals surface area (Å²) in [5.74, 6) is 3.53. The van der Waals surface area contributed by atoms with Gasteiger partial charge in [-0.2, -0.15) is 0 Å². The number of furan rings is 2. The number of nitrogens with one attached hydrogen (secondary N) is 2. The lowest BCUT2D eigenvalue weighted by Crippen LogP contribution is -2.19. The third-order valence-corrected chi connectivity index (χ3v) is 5.60. The van der Waals surface area contributed by atoms with E-state index in [0.29, 0.717) is 0 Å². The average Bonchev–Trinajstić information content (AvgIpc) is 3.61. The number of hydrogen-bond donors (Lipinski definition) is 2. The van der Waals surface area contributed by atoms with E-state index in [0.717, 1.165) is 82.4 Å². The van der Waals surface area contributed by atoms with Crippen LogP contribution in [0.4, 0.5) is 0 Å². The second kappa shape index (κ2) is 9.00. The number of benzene rings is 2. The maximum Gasteiger partial charge on any atom is 0.134 e. The largest absolute Gasteiger partial charge is 0.457 e. The lowest BCUT2D eigenvalue weighted by Gasteiger charge is -2.01. The summed E-state index contributed by atoms with van der Waals surface area (Å²) in [7, 11) is 0. The number of nitrogens with zero attached hydrogens (tertiary/aromatic N) is 2. The first-order valence-corrected chi connectivity index (χ1v) is 10.8. The van der Waals surface area contributed by atoms with Crippen molar-refractivity contribution in [2.45, 2.75) is 0 Å². The Bertz CT molecular complexity index is 1330. The van der Waals surface area contributed by atoms with Crippen LogP contribution in [0.2, 0.25) is 0 Å². The van der Waals surface area contributed by atoms with Crippen LogP contribution in [0.15, 0.2) is 79.5 Å². The molecule has 2 aromatic carbocycles. The molecule has 0 saturated carbocycles. The van der Waals surface area contributed by atoms with E-state index in [1.807, 2.05) is 60.7 Å². The van der Waals surface area contributed by atoms with Crippen LogP contribution < -0.4 is 10.6 Å². The molecule has 0 unspecified atom stereocenters. The molecule has 0 amide bonds. The Balaban J connectivity index is 0.00000228. The molecule has 2 N–H and O–H groups in total. The highest BCUT2D eigenvalue weighted by Crippen LogP contribution is 2.24. The number of amidine groups is 2. The predicted octanol–water partition coefficient (Wildman–Crippen LogP) is 5.03. The van der Waals surface area contributed by atoms with Crippen LogP contribution in [-0.4, -0.2) is 37.9 Å². The SMILES string of the molecule is C(=C/c1cc2cc(C3=NCCN3)ccc2o1)/C=C/c1cc2cc(C3=NCCN3)ccc2o1.Cl. The van der Waals surface area contributed by atoms with Gasteiger partial charge < -0.3 is 19.5 Å². The van der Waals surface area contributed by atoms with Crippen LogP contribution in [0.5, 0.6) is 0 Å². The molecule has 4 heterocycles. The summed E-state index contributed by atoms with van der Waals surface area (Å²) in [5.41, 5.74) is 3.92. The Morgan fingerprint density at radius 2 is 1.15 bits per heavy atom. The molecule has 33 heavy (non-hydrogen) atoms. The summed E-state index contributed by atoms with van der Waals surface area (Å²) in [6, 6.07) is 16.4. The molecule has 4 aromatic rings. The summed E-state index contributed by atoms with van der Waals surface area (Å²) in [6.45, 7) is 3.46. The second-order valence-corrected chi connectivity index (χ2v) is 7.84. The van der Waals surface area contributed by atoms with E-state index in [2.05, 4.69) is 32.8 Å². The van der Waals surface area contributed by atoms with E-state index in [-0.39, 0.29) is 12.4 Å². The van der Waals surface area contributed by atoms with Crippen molar-refractivity contribution in [1.82, 2.24) is 10.6 Å². The highest BCUT2D eigenvalue weighted by atomic mass is 35.5. The van der Waals surface area contributed by atoms with E-state index >= 15 is 0 Å². The van der Waals surface area contributed by atoms with Crippen molar-refractivity contribution in [3.8, 4) is 0 Å². The van der Waals surface area contributed by atoms with Crippen molar-refractivity contribution in [3.05, 3.63) is 83.3 Å². The minimum Gasteiger partial charge on any atom is -0.457 e. The van der Waals surface area contributed by atoms with E-state index in [9.17, 15) is 0 Å². The first-order chi connectivity index (χ1) is 15.8. The zero-order chi connectivity index (χ0) is 21.3. The summed E-state index contributed by atoms with van der Waals surface area (Å²) in [6.07, 6.45) is 7.81. The van der Waals surface area contributed by atoms with Crippen LogP contribution in [0.3, 0.4) is 0 Å². The van der Waals surface area contributed by atoms with E-state index < -0.39 is 0 Å². The van der Waals surface area contributed by atoms with Crippen molar-refractivity contribution in [3.63, 3.8) is 0 Å². The normalized spacial score (nSPS) is 15.8. The molecule has 0 bridgehead atoms. The fourth-order valence-corrected chi connectivity index (χ4v) is 4.07. The number of hydrogen-bond acceptors (Lipinski definition) is 6. The van der Waals surface area contributed by atoms with Crippen LogP contribution >= 0.6 is 12.4 Å². The van der Waals surface area contributed by atoms with Gasteiger partial charge in [0.1, 0.15) is 34.4 Å². The lowest BCUT2D eigenvalue weighted by atomic mass is 10.1. The first kappa shape index (κ1) is 21.1. The topological polar surface area (TPSA) is 75.1 Å². The molecule has 0 atom stereocenters. The Labute approximate surface area is 197 Å². The molecule has 0 radical (unpaired) electrons. The lowest BCUT2D eigenvalue weighted by molar-refractivity contribution is 0.603. The molecule has 2 aliphatic heterocycles. The zero-order valence-corrected chi connectivity index (χ0v) is 18.7. The van der Waals surface area contributed by atoms with Gasteiger partial charge in [-0.1, -0.05) is 12.2 Å². The Hall–Kier alpha value is -3.77. The van der Waals surface area contributed by atoms with Crippen LogP contribution in [0.25, 0.3) is 34.1 Å². The minimum absolute atomic E-state index is 0. The van der Waals surface area contributed by atoms with Crippen molar-refractivity contribution in [2.24, 2.45) is 9.98 Å². The quantitative estimate of drug-likeness (QED) is 0.411. The fraction of sp³-hybridized carbons (Fsp3) is 0.154. The Morgan fingerprint density at radius 1 is 0.667 bits per heavy atom. The maximum atomic E-state index is 5.93. The number of allylic oxidation sites excluding steroid dienone is 2. The number of halogens is 1. The molecule has 0 fully saturated rings. The molecular weight excluding hydrogens is 436 g/mol. The molecular formula is C26H23ClN4O2. The number of aliphatic imine (C=N–C) groups is 2. The molecule has 0 saturated heterocycles. The molecule has 2 aliphatic rings. The van der Waals surface area contributed by atoms with Gasteiger partial charge in [-0.25, -0.2) is 0 Å². The molecule has 7 heteroatoms. The number of rotatable bonds is 5. The fourth-order valence-electron chi connectivity index (χ4n) is 4.07. The third-order valence-electron chi connectivity index (χ3n) is 5.60. The van der Waals surface area contributed by atoms with Crippen molar-refractivity contribution < 1.29 is 8.83 Å². The Morgan fingerprint density at radius 3 is 1.58 bits per heavy atom. The van der Waals surface area contributed by atoms with Crippen LogP contribution in [0, 0.1) is 0 Å². The third kappa shape index (κ3) is 4.30. The van der Waals surface area contributed by atoms with Crippen molar-refractivity contribution in [2.75, 3.05) is 26.2 Å².